The molecule has 124 valence electrons. The van der Waals surface area contributed by atoms with E-state index in [9.17, 15) is 14.4 Å². The minimum atomic E-state index is -0.518. The molecular weight excluding hydrogens is 324 g/mol. The van der Waals surface area contributed by atoms with Gasteiger partial charge in [-0.05, 0) is 30.7 Å². The number of hydrogen-bond acceptors (Lipinski definition) is 6. The van der Waals surface area contributed by atoms with Crippen LogP contribution in [-0.4, -0.2) is 43.2 Å². The number of carbonyl (C=O) groups excluding carboxylic acids is 3. The number of aryl methyl sites for hydroxylation is 2. The van der Waals surface area contributed by atoms with Crippen LogP contribution in [0, 0.1) is 0 Å². The highest BCUT2D eigenvalue weighted by Crippen LogP contribution is 2.00. The van der Waals surface area contributed by atoms with Gasteiger partial charge in [0.2, 0.25) is 0 Å². The van der Waals surface area contributed by atoms with Crippen LogP contribution in [-0.2, 0) is 23.6 Å². The van der Waals surface area contributed by atoms with Gasteiger partial charge in [0.1, 0.15) is 17.8 Å². The minimum absolute atomic E-state index is 0.245. The Balaban J connectivity index is 0.000000253. The van der Waals surface area contributed by atoms with Crippen molar-refractivity contribution >= 4 is 28.6 Å². The number of halogens is 1. The summed E-state index contributed by atoms with van der Waals surface area (Å²) in [4.78, 5) is 32.7. The number of nitrogens with zero attached hydrogens (tertiary/aromatic N) is 4. The standard InChI is InChI=1S/C9H12N2O3.C5H5ClN2O/c1-3-14-9(13)6-8(12)7-4-5-11(2)10-7;1-8-3-2-4(7-8)5(6)9/h4-5H,3,6H2,1-2H3;2-3H,1H3. The maximum atomic E-state index is 11.4. The topological polar surface area (TPSA) is 96.1 Å². The maximum absolute atomic E-state index is 11.4. The summed E-state index contributed by atoms with van der Waals surface area (Å²) < 4.78 is 7.68. The highest BCUT2D eigenvalue weighted by Gasteiger charge is 2.14. The van der Waals surface area contributed by atoms with Gasteiger partial charge in [-0.3, -0.25) is 23.7 Å². The summed E-state index contributed by atoms with van der Waals surface area (Å²) in [5.41, 5.74) is 0.583. The Morgan fingerprint density at radius 1 is 1.09 bits per heavy atom. The number of hydrogen-bond donors (Lipinski definition) is 0. The summed E-state index contributed by atoms with van der Waals surface area (Å²) in [5, 5.41) is 7.11. The first kappa shape index (κ1) is 18.6. The fourth-order valence-electron chi connectivity index (χ4n) is 1.52. The van der Waals surface area contributed by atoms with Crippen molar-refractivity contribution in [2.75, 3.05) is 6.61 Å². The lowest BCUT2D eigenvalue weighted by molar-refractivity contribution is -0.141. The van der Waals surface area contributed by atoms with Crippen LogP contribution in [0.5, 0.6) is 0 Å². The molecular formula is C14H17ClN4O4. The second-order valence-electron chi connectivity index (χ2n) is 4.43. The largest absolute Gasteiger partial charge is 0.466 e. The van der Waals surface area contributed by atoms with E-state index >= 15 is 0 Å². The summed E-state index contributed by atoms with van der Waals surface area (Å²) in [6, 6.07) is 3.14. The molecule has 0 atom stereocenters. The average molecular weight is 341 g/mol. The van der Waals surface area contributed by atoms with E-state index in [-0.39, 0.29) is 18.8 Å². The lowest BCUT2D eigenvalue weighted by atomic mass is 10.2. The predicted octanol–water partition coefficient (Wildman–Crippen LogP) is 1.36. The van der Waals surface area contributed by atoms with Crippen molar-refractivity contribution in [3.05, 3.63) is 35.9 Å². The molecule has 0 spiro atoms. The fourth-order valence-corrected chi connectivity index (χ4v) is 1.62. The number of aromatic nitrogens is 4. The maximum Gasteiger partial charge on any atom is 0.313 e. The molecule has 2 rings (SSSR count). The molecule has 0 aliphatic rings. The predicted molar refractivity (Wildman–Crippen MR) is 82.2 cm³/mol. The zero-order chi connectivity index (χ0) is 17.4. The molecule has 0 radical (unpaired) electrons. The Kier molecular flexibility index (Phi) is 7.14. The van der Waals surface area contributed by atoms with Gasteiger partial charge in [-0.1, -0.05) is 0 Å². The lowest BCUT2D eigenvalue weighted by Crippen LogP contribution is -2.12. The van der Waals surface area contributed by atoms with Crippen molar-refractivity contribution in [1.29, 1.82) is 0 Å². The van der Waals surface area contributed by atoms with Crippen LogP contribution >= 0.6 is 11.6 Å². The monoisotopic (exact) mass is 340 g/mol. The van der Waals surface area contributed by atoms with Crippen molar-refractivity contribution in [3.8, 4) is 0 Å². The highest BCUT2D eigenvalue weighted by atomic mass is 35.5. The van der Waals surface area contributed by atoms with Crippen molar-refractivity contribution < 1.29 is 19.1 Å². The van der Waals surface area contributed by atoms with Gasteiger partial charge in [-0.2, -0.15) is 10.2 Å². The van der Waals surface area contributed by atoms with E-state index < -0.39 is 11.2 Å². The molecule has 0 N–H and O–H groups in total. The van der Waals surface area contributed by atoms with E-state index in [1.807, 2.05) is 0 Å². The molecule has 0 aliphatic heterocycles. The lowest BCUT2D eigenvalue weighted by Gasteiger charge is -1.98. The van der Waals surface area contributed by atoms with Crippen molar-refractivity contribution in [2.45, 2.75) is 13.3 Å². The van der Waals surface area contributed by atoms with Gasteiger partial charge in [-0.25, -0.2) is 0 Å². The summed E-state index contributed by atoms with van der Waals surface area (Å²) in [7, 11) is 3.43. The quantitative estimate of drug-likeness (QED) is 0.353. The summed E-state index contributed by atoms with van der Waals surface area (Å²) in [6.45, 7) is 1.98. The van der Waals surface area contributed by atoms with Crippen LogP contribution in [0.2, 0.25) is 0 Å². The first-order chi connectivity index (χ1) is 10.8. The Bertz CT molecular complexity index is 693. The van der Waals surface area contributed by atoms with Crippen LogP contribution in [0.4, 0.5) is 0 Å². The van der Waals surface area contributed by atoms with Gasteiger partial charge in [-0.15, -0.1) is 0 Å². The number of carbonyl (C=O) groups is 3. The van der Waals surface area contributed by atoms with Gasteiger partial charge < -0.3 is 4.74 Å². The van der Waals surface area contributed by atoms with Crippen LogP contribution in [0.1, 0.15) is 34.3 Å². The molecule has 0 amide bonds. The van der Waals surface area contributed by atoms with Gasteiger partial charge in [0, 0.05) is 26.5 Å². The van der Waals surface area contributed by atoms with Crippen molar-refractivity contribution in [3.63, 3.8) is 0 Å². The third-order valence-electron chi connectivity index (χ3n) is 2.52. The van der Waals surface area contributed by atoms with E-state index in [2.05, 4.69) is 14.9 Å². The molecule has 0 saturated heterocycles. The molecule has 23 heavy (non-hydrogen) atoms. The number of Topliss-reactive ketones (excluding diaryl/α,β-unsaturated/α-hetero) is 1. The van der Waals surface area contributed by atoms with Crippen LogP contribution in [0.25, 0.3) is 0 Å². The van der Waals surface area contributed by atoms with E-state index in [0.29, 0.717) is 11.4 Å². The first-order valence-electron chi connectivity index (χ1n) is 6.71. The average Bonchev–Trinajstić information content (AvgIpc) is 3.08. The zero-order valence-corrected chi connectivity index (χ0v) is 13.8. The van der Waals surface area contributed by atoms with Crippen molar-refractivity contribution in [1.82, 2.24) is 19.6 Å². The SMILES string of the molecule is CCOC(=O)CC(=O)c1ccn(C)n1.Cn1ccc(C(=O)Cl)n1. The molecule has 0 bridgehead atoms. The second-order valence-corrected chi connectivity index (χ2v) is 4.77. The van der Waals surface area contributed by atoms with E-state index in [0.717, 1.165) is 0 Å². The first-order valence-corrected chi connectivity index (χ1v) is 7.09. The molecule has 0 aliphatic carbocycles. The number of ether oxygens (including phenoxy) is 1. The Labute approximate surface area is 138 Å². The molecule has 2 aromatic heterocycles. The van der Waals surface area contributed by atoms with Gasteiger partial charge in [0.25, 0.3) is 5.24 Å². The molecule has 2 aromatic rings. The van der Waals surface area contributed by atoms with E-state index in [4.69, 9.17) is 11.6 Å². The Morgan fingerprint density at radius 2 is 1.61 bits per heavy atom. The van der Waals surface area contributed by atoms with E-state index in [1.54, 1.807) is 45.5 Å². The Hall–Kier alpha value is -2.48. The van der Waals surface area contributed by atoms with Crippen LogP contribution in [0.3, 0.4) is 0 Å². The van der Waals surface area contributed by atoms with Crippen LogP contribution < -0.4 is 0 Å². The number of esters is 1. The van der Waals surface area contributed by atoms with Crippen molar-refractivity contribution in [2.24, 2.45) is 14.1 Å². The minimum Gasteiger partial charge on any atom is -0.466 e. The third-order valence-corrected chi connectivity index (χ3v) is 2.72. The summed E-state index contributed by atoms with van der Waals surface area (Å²) >= 11 is 5.10. The van der Waals surface area contributed by atoms with E-state index in [1.165, 1.54) is 9.36 Å². The fraction of sp³-hybridized carbons (Fsp3) is 0.357. The molecule has 2 heterocycles. The smallest absolute Gasteiger partial charge is 0.313 e. The Morgan fingerprint density at radius 3 is 1.96 bits per heavy atom. The molecule has 0 unspecified atom stereocenters. The van der Waals surface area contributed by atoms with Gasteiger partial charge in [0.15, 0.2) is 5.78 Å². The number of ketones is 1. The third kappa shape index (κ3) is 6.43. The summed E-state index contributed by atoms with van der Waals surface area (Å²) in [5.74, 6) is -0.827. The summed E-state index contributed by atoms with van der Waals surface area (Å²) in [6.07, 6.45) is 3.07. The number of rotatable bonds is 5. The molecule has 0 aromatic carbocycles. The zero-order valence-electron chi connectivity index (χ0n) is 13.0. The molecule has 0 saturated carbocycles. The van der Waals surface area contributed by atoms with Gasteiger partial charge in [0.05, 0.1) is 6.61 Å². The highest BCUT2D eigenvalue weighted by molar-refractivity contribution is 6.67. The molecule has 0 fully saturated rings. The normalized spacial score (nSPS) is 9.74. The molecule has 8 nitrogen and oxygen atoms in total. The molecule has 9 heteroatoms. The van der Waals surface area contributed by atoms with Crippen LogP contribution in [0.15, 0.2) is 24.5 Å². The second kappa shape index (κ2) is 8.84. The van der Waals surface area contributed by atoms with Gasteiger partial charge >= 0.3 is 5.97 Å².